The van der Waals surface area contributed by atoms with Crippen molar-refractivity contribution in [2.75, 3.05) is 26.2 Å². The topological polar surface area (TPSA) is 23.5 Å². The summed E-state index contributed by atoms with van der Waals surface area (Å²) in [5.74, 6) is 0. The van der Waals surface area contributed by atoms with Crippen LogP contribution in [0, 0.1) is 0 Å². The fourth-order valence-electron chi connectivity index (χ4n) is 5.34. The quantitative estimate of drug-likeness (QED) is 0.0771. The van der Waals surface area contributed by atoms with Gasteiger partial charge in [-0.2, -0.15) is 0 Å². The summed E-state index contributed by atoms with van der Waals surface area (Å²) in [7, 11) is 0. The van der Waals surface area contributed by atoms with Gasteiger partial charge in [-0.3, -0.25) is 0 Å². The second kappa shape index (κ2) is 30.9. The van der Waals surface area contributed by atoms with Crippen molar-refractivity contribution < 1.29 is 5.11 Å². The molecule has 0 aliphatic rings. The zero-order chi connectivity index (χ0) is 26.4. The third kappa shape index (κ3) is 26.7. The number of hydrogen-bond acceptors (Lipinski definition) is 2. The van der Waals surface area contributed by atoms with Gasteiger partial charge < -0.3 is 10.0 Å². The normalized spacial score (nSPS) is 12.2. The molecule has 0 bridgehead atoms. The molecule has 1 N–H and O–H groups in total. The summed E-state index contributed by atoms with van der Waals surface area (Å²) >= 11 is 0. The third-order valence-corrected chi connectivity index (χ3v) is 7.83. The van der Waals surface area contributed by atoms with Crippen molar-refractivity contribution in [3.63, 3.8) is 0 Å². The Balaban J connectivity index is 4.33. The maximum absolute atomic E-state index is 9.54. The monoisotopic (exact) mass is 508 g/mol. The molecule has 0 amide bonds. The van der Waals surface area contributed by atoms with Crippen LogP contribution in [0.4, 0.5) is 0 Å². The lowest BCUT2D eigenvalue weighted by molar-refractivity contribution is 0.195. The molecule has 0 saturated heterocycles. The van der Waals surface area contributed by atoms with E-state index in [2.05, 4.69) is 31.7 Å². The number of nitrogens with zero attached hydrogens (tertiary/aromatic N) is 1. The lowest BCUT2D eigenvalue weighted by Crippen LogP contribution is -2.29. The van der Waals surface area contributed by atoms with Crippen LogP contribution in [0.1, 0.15) is 181 Å². The summed E-state index contributed by atoms with van der Waals surface area (Å²) in [5, 5.41) is 9.54. The third-order valence-electron chi connectivity index (χ3n) is 7.83. The van der Waals surface area contributed by atoms with Crippen molar-refractivity contribution in [1.82, 2.24) is 4.90 Å². The maximum Gasteiger partial charge on any atom is 0.0558 e. The predicted octanol–water partition coefficient (Wildman–Crippen LogP) is 11.0. The molecule has 0 unspecified atom stereocenters. The second-order valence-electron chi connectivity index (χ2n) is 11.4. The minimum absolute atomic E-state index is 0.295. The van der Waals surface area contributed by atoms with Gasteiger partial charge in [0.1, 0.15) is 0 Å². The van der Waals surface area contributed by atoms with Crippen molar-refractivity contribution in [2.45, 2.75) is 181 Å². The Morgan fingerprint density at radius 3 is 1.28 bits per heavy atom. The summed E-state index contributed by atoms with van der Waals surface area (Å²) in [6.07, 6.45) is 37.1. The highest BCUT2D eigenvalue weighted by molar-refractivity contribution is 5.02. The van der Waals surface area contributed by atoms with E-state index in [1.807, 2.05) is 0 Å². The van der Waals surface area contributed by atoms with Gasteiger partial charge in [-0.25, -0.2) is 0 Å². The van der Waals surface area contributed by atoms with Crippen molar-refractivity contribution in [3.05, 3.63) is 11.6 Å². The number of aliphatic hydroxyl groups is 1. The van der Waals surface area contributed by atoms with Gasteiger partial charge in [0, 0.05) is 13.1 Å². The molecular weight excluding hydrogens is 438 g/mol. The Bertz CT molecular complexity index is 433. The zero-order valence-electron chi connectivity index (χ0n) is 25.5. The van der Waals surface area contributed by atoms with E-state index in [-0.39, 0.29) is 0 Å². The smallest absolute Gasteiger partial charge is 0.0558 e. The predicted molar refractivity (Wildman–Crippen MR) is 164 cm³/mol. The fraction of sp³-hybridized carbons (Fsp3) is 0.941. The fourth-order valence-corrected chi connectivity index (χ4v) is 5.34. The average Bonchev–Trinajstić information content (AvgIpc) is 2.88. The summed E-state index contributed by atoms with van der Waals surface area (Å²) in [6.45, 7) is 10.3. The van der Waals surface area contributed by atoms with Crippen LogP contribution >= 0.6 is 0 Å². The molecule has 0 aromatic carbocycles. The van der Waals surface area contributed by atoms with Crippen LogP contribution in [0.25, 0.3) is 0 Å². The second-order valence-corrected chi connectivity index (χ2v) is 11.4. The molecule has 0 aliphatic carbocycles. The molecule has 0 aliphatic heterocycles. The van der Waals surface area contributed by atoms with Gasteiger partial charge in [-0.05, 0) is 45.1 Å². The molecule has 0 rings (SSSR count). The van der Waals surface area contributed by atoms with Crippen LogP contribution in [-0.4, -0.2) is 36.2 Å². The van der Waals surface area contributed by atoms with Gasteiger partial charge in [-0.15, -0.1) is 0 Å². The molecule has 2 nitrogen and oxygen atoms in total. The SMILES string of the molecule is CCCCCCCCCC/C(=C/CCN(CCO)CCCCCCCCC)CCCCCCCCC. The highest BCUT2D eigenvalue weighted by atomic mass is 16.3. The first kappa shape index (κ1) is 35.7. The van der Waals surface area contributed by atoms with Crippen LogP contribution < -0.4 is 0 Å². The standard InChI is InChI=1S/C34H69NO/c1-4-7-10-13-16-18-21-24-28-34(27-23-20-17-14-11-8-5-2)29-26-31-35(32-33-36)30-25-22-19-15-12-9-6-3/h29,36H,4-28,30-33H2,1-3H3/b34-29+. The van der Waals surface area contributed by atoms with Crippen molar-refractivity contribution in [2.24, 2.45) is 0 Å². The molecule has 0 spiro atoms. The summed E-state index contributed by atoms with van der Waals surface area (Å²) in [6, 6.07) is 0. The molecule has 36 heavy (non-hydrogen) atoms. The number of rotatable bonds is 30. The van der Waals surface area contributed by atoms with Gasteiger partial charge in [0.05, 0.1) is 6.61 Å². The van der Waals surface area contributed by atoms with Crippen molar-refractivity contribution in [1.29, 1.82) is 0 Å². The summed E-state index contributed by atoms with van der Waals surface area (Å²) < 4.78 is 0. The van der Waals surface area contributed by atoms with E-state index >= 15 is 0 Å². The number of allylic oxidation sites excluding steroid dienone is 1. The number of unbranched alkanes of at least 4 members (excludes halogenated alkanes) is 19. The van der Waals surface area contributed by atoms with Gasteiger partial charge in [0.15, 0.2) is 0 Å². The molecule has 2 heteroatoms. The minimum atomic E-state index is 0.295. The molecule has 0 aromatic rings. The van der Waals surface area contributed by atoms with E-state index < -0.39 is 0 Å². The lowest BCUT2D eigenvalue weighted by Gasteiger charge is -2.21. The molecule has 0 aromatic heterocycles. The molecule has 0 saturated carbocycles. The summed E-state index contributed by atoms with van der Waals surface area (Å²) in [4.78, 5) is 2.50. The first-order chi connectivity index (χ1) is 17.8. The largest absolute Gasteiger partial charge is 0.395 e. The van der Waals surface area contributed by atoms with E-state index in [9.17, 15) is 5.11 Å². The van der Waals surface area contributed by atoms with E-state index in [0.717, 1.165) is 19.6 Å². The van der Waals surface area contributed by atoms with E-state index in [0.29, 0.717) is 6.61 Å². The lowest BCUT2D eigenvalue weighted by atomic mass is 9.98. The Morgan fingerprint density at radius 1 is 0.472 bits per heavy atom. The number of hydrogen-bond donors (Lipinski definition) is 1. The first-order valence-electron chi connectivity index (χ1n) is 16.8. The van der Waals surface area contributed by atoms with Crippen LogP contribution in [0.2, 0.25) is 0 Å². The van der Waals surface area contributed by atoms with Crippen molar-refractivity contribution >= 4 is 0 Å². The minimum Gasteiger partial charge on any atom is -0.395 e. The van der Waals surface area contributed by atoms with Crippen LogP contribution in [-0.2, 0) is 0 Å². The van der Waals surface area contributed by atoms with Crippen LogP contribution in [0.5, 0.6) is 0 Å². The molecule has 0 fully saturated rings. The van der Waals surface area contributed by atoms with E-state index in [1.54, 1.807) is 5.57 Å². The molecule has 0 heterocycles. The molecular formula is C34H69NO. The molecule has 0 radical (unpaired) electrons. The van der Waals surface area contributed by atoms with Gasteiger partial charge >= 0.3 is 0 Å². The zero-order valence-corrected chi connectivity index (χ0v) is 25.5. The van der Waals surface area contributed by atoms with Crippen LogP contribution in [0.15, 0.2) is 11.6 Å². The first-order valence-corrected chi connectivity index (χ1v) is 16.8. The Labute approximate surface area is 229 Å². The van der Waals surface area contributed by atoms with Gasteiger partial charge in [-0.1, -0.05) is 154 Å². The Hall–Kier alpha value is -0.340. The van der Waals surface area contributed by atoms with E-state index in [1.165, 1.54) is 161 Å². The van der Waals surface area contributed by atoms with E-state index in [4.69, 9.17) is 0 Å². The Morgan fingerprint density at radius 2 is 0.861 bits per heavy atom. The average molecular weight is 508 g/mol. The highest BCUT2D eigenvalue weighted by Crippen LogP contribution is 2.20. The Kier molecular flexibility index (Phi) is 30.6. The molecule has 0 atom stereocenters. The van der Waals surface area contributed by atoms with Gasteiger partial charge in [0.2, 0.25) is 0 Å². The highest BCUT2D eigenvalue weighted by Gasteiger charge is 2.05. The van der Waals surface area contributed by atoms with Crippen LogP contribution in [0.3, 0.4) is 0 Å². The maximum atomic E-state index is 9.54. The van der Waals surface area contributed by atoms with Crippen molar-refractivity contribution in [3.8, 4) is 0 Å². The van der Waals surface area contributed by atoms with Gasteiger partial charge in [0.25, 0.3) is 0 Å². The molecule has 216 valence electrons. The number of aliphatic hydroxyl groups excluding tert-OH is 1. The summed E-state index contributed by atoms with van der Waals surface area (Å²) in [5.41, 5.74) is 1.73.